The standard InChI is InChI=1S/C30H29N3O5S/c1-6-14-32-17-19(21-10-8-9-11-23(21)32)15-25-28(34)33-27(22-13-12-20(36-4)16-24(22)37-5)26(29(35)38-7-2)18(3)31-30(33)39-25/h6,8-13,15-17,27H,1,7,14H2,2-5H3. The molecule has 0 N–H and O–H groups in total. The molecular weight excluding hydrogens is 514 g/mol. The van der Waals surface area contributed by atoms with E-state index < -0.39 is 12.0 Å². The number of aromatic nitrogens is 2. The maximum absolute atomic E-state index is 14.0. The number of esters is 1. The molecule has 1 atom stereocenters. The number of nitrogens with zero attached hydrogens (tertiary/aromatic N) is 3. The summed E-state index contributed by atoms with van der Waals surface area (Å²) in [6, 6.07) is 12.6. The van der Waals surface area contributed by atoms with Crippen molar-refractivity contribution in [2.75, 3.05) is 20.8 Å². The summed E-state index contributed by atoms with van der Waals surface area (Å²) in [6.07, 6.45) is 5.74. The van der Waals surface area contributed by atoms with Gasteiger partial charge in [0.2, 0.25) is 0 Å². The van der Waals surface area contributed by atoms with Crippen molar-refractivity contribution in [3.05, 3.63) is 103 Å². The first-order chi connectivity index (χ1) is 18.9. The van der Waals surface area contributed by atoms with E-state index in [1.165, 1.54) is 11.3 Å². The highest BCUT2D eigenvalue weighted by Crippen LogP contribution is 2.37. The zero-order valence-electron chi connectivity index (χ0n) is 22.3. The molecule has 39 heavy (non-hydrogen) atoms. The molecule has 9 heteroatoms. The highest BCUT2D eigenvalue weighted by molar-refractivity contribution is 7.07. The van der Waals surface area contributed by atoms with Crippen molar-refractivity contribution in [2.24, 2.45) is 4.99 Å². The lowest BCUT2D eigenvalue weighted by Crippen LogP contribution is -2.40. The van der Waals surface area contributed by atoms with Gasteiger partial charge in [-0.3, -0.25) is 9.36 Å². The lowest BCUT2D eigenvalue weighted by molar-refractivity contribution is -0.139. The highest BCUT2D eigenvalue weighted by atomic mass is 32.1. The summed E-state index contributed by atoms with van der Waals surface area (Å²) in [4.78, 5) is 32.4. The molecule has 3 heterocycles. The summed E-state index contributed by atoms with van der Waals surface area (Å²) in [5, 5.41) is 1.03. The van der Waals surface area contributed by atoms with Gasteiger partial charge < -0.3 is 18.8 Å². The van der Waals surface area contributed by atoms with Crippen LogP contribution in [0, 0.1) is 0 Å². The molecule has 0 aliphatic carbocycles. The fourth-order valence-corrected chi connectivity index (χ4v) is 5.99. The molecule has 0 radical (unpaired) electrons. The molecule has 0 saturated carbocycles. The Kier molecular flexibility index (Phi) is 7.26. The van der Waals surface area contributed by atoms with Crippen molar-refractivity contribution in [1.82, 2.24) is 9.13 Å². The summed E-state index contributed by atoms with van der Waals surface area (Å²) in [5.41, 5.74) is 3.13. The molecule has 0 bridgehead atoms. The molecule has 4 aromatic rings. The molecule has 1 unspecified atom stereocenters. The van der Waals surface area contributed by atoms with Crippen LogP contribution in [0.2, 0.25) is 0 Å². The molecule has 8 nitrogen and oxygen atoms in total. The first-order valence-corrected chi connectivity index (χ1v) is 13.3. The van der Waals surface area contributed by atoms with Gasteiger partial charge in [0.25, 0.3) is 5.56 Å². The van der Waals surface area contributed by atoms with Gasteiger partial charge in [0, 0.05) is 40.8 Å². The number of carbonyl (C=O) groups is 1. The zero-order valence-corrected chi connectivity index (χ0v) is 23.1. The average molecular weight is 544 g/mol. The molecule has 0 spiro atoms. The van der Waals surface area contributed by atoms with Gasteiger partial charge in [0.15, 0.2) is 4.80 Å². The molecule has 2 aromatic carbocycles. The van der Waals surface area contributed by atoms with Crippen molar-refractivity contribution >= 4 is 34.3 Å². The number of carbonyl (C=O) groups excluding carboxylic acids is 1. The Morgan fingerprint density at radius 2 is 1.97 bits per heavy atom. The second-order valence-corrected chi connectivity index (χ2v) is 9.96. The third-order valence-corrected chi connectivity index (χ3v) is 7.67. The van der Waals surface area contributed by atoms with Gasteiger partial charge >= 0.3 is 5.97 Å². The van der Waals surface area contributed by atoms with Crippen LogP contribution in [0.5, 0.6) is 11.5 Å². The van der Waals surface area contributed by atoms with Crippen LogP contribution in [-0.2, 0) is 16.1 Å². The summed E-state index contributed by atoms with van der Waals surface area (Å²) in [6.45, 7) is 8.21. The number of allylic oxidation sites excluding steroid dienone is 2. The number of benzene rings is 2. The molecule has 5 rings (SSSR count). The van der Waals surface area contributed by atoms with Crippen molar-refractivity contribution < 1.29 is 19.0 Å². The number of hydrogen-bond acceptors (Lipinski definition) is 7. The van der Waals surface area contributed by atoms with E-state index in [2.05, 4.69) is 16.1 Å². The topological polar surface area (TPSA) is 84.0 Å². The van der Waals surface area contributed by atoms with E-state index in [0.29, 0.717) is 44.2 Å². The number of rotatable bonds is 8. The molecule has 1 aliphatic rings. The highest BCUT2D eigenvalue weighted by Gasteiger charge is 2.35. The summed E-state index contributed by atoms with van der Waals surface area (Å²) < 4.78 is 20.6. The van der Waals surface area contributed by atoms with E-state index in [0.717, 1.165) is 16.5 Å². The maximum atomic E-state index is 14.0. The fourth-order valence-electron chi connectivity index (χ4n) is 4.95. The van der Waals surface area contributed by atoms with Crippen molar-refractivity contribution in [1.29, 1.82) is 0 Å². The predicted molar refractivity (Wildman–Crippen MR) is 152 cm³/mol. The van der Waals surface area contributed by atoms with E-state index >= 15 is 0 Å². The Balaban J connectivity index is 1.77. The number of fused-ring (bicyclic) bond motifs is 2. The third kappa shape index (κ3) is 4.59. The summed E-state index contributed by atoms with van der Waals surface area (Å²) in [7, 11) is 3.11. The summed E-state index contributed by atoms with van der Waals surface area (Å²) in [5.74, 6) is 0.554. The minimum absolute atomic E-state index is 0.196. The van der Waals surface area contributed by atoms with Crippen molar-refractivity contribution in [2.45, 2.75) is 26.4 Å². The normalized spacial score (nSPS) is 15.2. The average Bonchev–Trinajstić information content (AvgIpc) is 3.44. The van der Waals surface area contributed by atoms with Crippen LogP contribution in [0.1, 0.15) is 31.0 Å². The second-order valence-electron chi connectivity index (χ2n) is 8.95. The minimum Gasteiger partial charge on any atom is -0.497 e. The van der Waals surface area contributed by atoms with Gasteiger partial charge in [-0.1, -0.05) is 35.6 Å². The first kappa shape index (κ1) is 26.2. The Hall–Kier alpha value is -4.37. The Bertz CT molecular complexity index is 1810. The molecule has 200 valence electrons. The monoisotopic (exact) mass is 543 g/mol. The van der Waals surface area contributed by atoms with Crippen LogP contribution < -0.4 is 24.4 Å². The van der Waals surface area contributed by atoms with E-state index in [4.69, 9.17) is 14.2 Å². The molecule has 0 saturated heterocycles. The predicted octanol–water partition coefficient (Wildman–Crippen LogP) is 3.96. The Labute approximate surface area is 229 Å². The third-order valence-electron chi connectivity index (χ3n) is 6.68. The van der Waals surface area contributed by atoms with Crippen LogP contribution in [0.25, 0.3) is 17.0 Å². The Morgan fingerprint density at radius 3 is 2.69 bits per heavy atom. The fraction of sp³-hybridized carbons (Fsp3) is 0.233. The quantitative estimate of drug-likeness (QED) is 0.248. The first-order valence-electron chi connectivity index (χ1n) is 12.5. The van der Waals surface area contributed by atoms with Crippen LogP contribution in [0.3, 0.4) is 0 Å². The van der Waals surface area contributed by atoms with Crippen LogP contribution in [0.15, 0.2) is 82.4 Å². The largest absolute Gasteiger partial charge is 0.497 e. The molecule has 0 amide bonds. The number of ether oxygens (including phenoxy) is 3. The molecule has 0 fully saturated rings. The van der Waals surface area contributed by atoms with Crippen LogP contribution in [-0.4, -0.2) is 35.9 Å². The van der Waals surface area contributed by atoms with Gasteiger partial charge in [-0.2, -0.15) is 0 Å². The minimum atomic E-state index is -0.787. The maximum Gasteiger partial charge on any atom is 0.338 e. The smallest absolute Gasteiger partial charge is 0.338 e. The van der Waals surface area contributed by atoms with Gasteiger partial charge in [-0.15, -0.1) is 6.58 Å². The SMILES string of the molecule is C=CCn1cc(C=c2sc3n(c2=O)C(c2ccc(OC)cc2OC)C(C(=O)OCC)=C(C)N=3)c2ccccc21. The van der Waals surface area contributed by atoms with Gasteiger partial charge in [0.05, 0.1) is 36.6 Å². The molecule has 1 aliphatic heterocycles. The number of para-hydroxylation sites is 1. The number of hydrogen-bond donors (Lipinski definition) is 0. The van der Waals surface area contributed by atoms with Gasteiger partial charge in [-0.05, 0) is 38.1 Å². The number of thiazole rings is 1. The van der Waals surface area contributed by atoms with E-state index in [9.17, 15) is 9.59 Å². The second kappa shape index (κ2) is 10.8. The van der Waals surface area contributed by atoms with Crippen molar-refractivity contribution in [3.63, 3.8) is 0 Å². The lowest BCUT2D eigenvalue weighted by Gasteiger charge is -2.26. The van der Waals surface area contributed by atoms with Crippen molar-refractivity contribution in [3.8, 4) is 11.5 Å². The van der Waals surface area contributed by atoms with Gasteiger partial charge in [0.1, 0.15) is 17.5 Å². The van der Waals surface area contributed by atoms with Gasteiger partial charge in [-0.25, -0.2) is 9.79 Å². The summed E-state index contributed by atoms with van der Waals surface area (Å²) >= 11 is 1.29. The Morgan fingerprint density at radius 1 is 1.18 bits per heavy atom. The number of methoxy groups -OCH3 is 2. The lowest BCUT2D eigenvalue weighted by atomic mass is 9.95. The van der Waals surface area contributed by atoms with Crippen LogP contribution >= 0.6 is 11.3 Å². The van der Waals surface area contributed by atoms with E-state index in [1.54, 1.807) is 50.8 Å². The van der Waals surface area contributed by atoms with E-state index in [1.807, 2.05) is 42.6 Å². The molecule has 2 aromatic heterocycles. The zero-order chi connectivity index (χ0) is 27.7. The van der Waals surface area contributed by atoms with Crippen LogP contribution in [0.4, 0.5) is 0 Å². The van der Waals surface area contributed by atoms with E-state index in [-0.39, 0.29) is 12.2 Å². The molecular formula is C30H29N3O5S.